The van der Waals surface area contributed by atoms with E-state index in [9.17, 15) is 4.79 Å². The van der Waals surface area contributed by atoms with Crippen LogP contribution in [0.4, 0.5) is 5.95 Å². The molecule has 0 amide bonds. The van der Waals surface area contributed by atoms with Gasteiger partial charge in [-0.05, 0) is 30.0 Å². The zero-order valence-corrected chi connectivity index (χ0v) is 13.1. The molecule has 6 heteroatoms. The van der Waals surface area contributed by atoms with Crippen LogP contribution in [-0.2, 0) is 6.54 Å². The Labute approximate surface area is 134 Å². The first-order valence-electron chi connectivity index (χ1n) is 7.76. The van der Waals surface area contributed by atoms with E-state index in [4.69, 9.17) is 5.73 Å². The van der Waals surface area contributed by atoms with Crippen molar-refractivity contribution in [3.05, 3.63) is 58.0 Å². The fraction of sp³-hybridized carbons (Fsp3) is 0.294. The lowest BCUT2D eigenvalue weighted by molar-refractivity contribution is 0.595. The Morgan fingerprint density at radius 2 is 2.09 bits per heavy atom. The second kappa shape index (κ2) is 6.66. The molecule has 0 radical (unpaired) electrons. The Bertz CT molecular complexity index is 837. The van der Waals surface area contributed by atoms with Crippen LogP contribution in [0.5, 0.6) is 0 Å². The van der Waals surface area contributed by atoms with E-state index in [1.807, 2.05) is 6.07 Å². The highest BCUT2D eigenvalue weighted by molar-refractivity contribution is 5.79. The number of aromatic nitrogens is 3. The lowest BCUT2D eigenvalue weighted by atomic mass is 9.98. The van der Waals surface area contributed by atoms with Gasteiger partial charge in [-0.25, -0.2) is 0 Å². The topological polar surface area (TPSA) is 99.6 Å². The molecule has 0 bridgehead atoms. The van der Waals surface area contributed by atoms with Gasteiger partial charge < -0.3 is 16.0 Å². The highest BCUT2D eigenvalue weighted by atomic mass is 16.1. The number of nitrogen functional groups attached to an aromatic ring is 1. The maximum absolute atomic E-state index is 12.0. The van der Waals surface area contributed by atoms with E-state index in [-0.39, 0.29) is 11.5 Å². The number of hydrogen-bond acceptors (Lipinski definition) is 4. The van der Waals surface area contributed by atoms with Crippen LogP contribution in [0.15, 0.2) is 41.3 Å². The number of benzene rings is 1. The van der Waals surface area contributed by atoms with Crippen LogP contribution in [0, 0.1) is 0 Å². The molecule has 1 aromatic carbocycles. The number of hydrogen-bond donors (Lipinski definition) is 4. The summed E-state index contributed by atoms with van der Waals surface area (Å²) in [5.41, 5.74) is 8.11. The van der Waals surface area contributed by atoms with Crippen molar-refractivity contribution in [2.75, 3.05) is 12.3 Å². The number of nitrogens with zero attached hydrogens (tertiary/aromatic N) is 1. The van der Waals surface area contributed by atoms with E-state index in [0.717, 1.165) is 18.5 Å². The zero-order valence-electron chi connectivity index (χ0n) is 13.1. The number of H-pyrrole nitrogens is 2. The summed E-state index contributed by atoms with van der Waals surface area (Å²) < 4.78 is 0. The van der Waals surface area contributed by atoms with Gasteiger partial charge in [-0.15, -0.1) is 0 Å². The van der Waals surface area contributed by atoms with Crippen LogP contribution < -0.4 is 16.6 Å². The number of fused-ring (bicyclic) bond motifs is 1. The Kier molecular flexibility index (Phi) is 4.43. The third-order valence-corrected chi connectivity index (χ3v) is 4.08. The van der Waals surface area contributed by atoms with E-state index in [0.29, 0.717) is 23.5 Å². The van der Waals surface area contributed by atoms with E-state index in [1.54, 1.807) is 6.20 Å². The van der Waals surface area contributed by atoms with Crippen molar-refractivity contribution in [3.63, 3.8) is 0 Å². The highest BCUT2D eigenvalue weighted by Crippen LogP contribution is 2.18. The average Bonchev–Trinajstić information content (AvgIpc) is 2.95. The van der Waals surface area contributed by atoms with Crippen LogP contribution in [0.2, 0.25) is 0 Å². The van der Waals surface area contributed by atoms with Crippen molar-refractivity contribution in [2.45, 2.75) is 25.8 Å². The van der Waals surface area contributed by atoms with Crippen molar-refractivity contribution in [1.29, 1.82) is 0 Å². The maximum Gasteiger partial charge on any atom is 0.262 e. The third kappa shape index (κ3) is 3.43. The molecule has 2 heterocycles. The number of nitrogens with one attached hydrogen (secondary N) is 3. The van der Waals surface area contributed by atoms with Crippen LogP contribution >= 0.6 is 0 Å². The fourth-order valence-corrected chi connectivity index (χ4v) is 2.75. The van der Waals surface area contributed by atoms with Crippen LogP contribution in [0.1, 0.15) is 30.4 Å². The van der Waals surface area contributed by atoms with Crippen molar-refractivity contribution >= 4 is 17.0 Å². The van der Waals surface area contributed by atoms with Gasteiger partial charge in [0.2, 0.25) is 5.95 Å². The maximum atomic E-state index is 12.0. The highest BCUT2D eigenvalue weighted by Gasteiger charge is 2.10. The molecular formula is C17H21N5O. The largest absolute Gasteiger partial charge is 0.369 e. The van der Waals surface area contributed by atoms with Crippen LogP contribution in [-0.4, -0.2) is 21.5 Å². The molecule has 120 valence electrons. The molecule has 1 atom stereocenters. The standard InChI is InChI=1S/C17H21N5O/c1-11(12-5-3-2-4-6-12)7-8-19-9-13-10-20-15-14(13)16(23)22-17(18)21-15/h2-6,10-11,19H,7-9H2,1H3,(H4,18,20,21,22,23)/t11-/m1/s1. The van der Waals surface area contributed by atoms with Gasteiger partial charge in [-0.1, -0.05) is 37.3 Å². The Morgan fingerprint density at radius 3 is 2.87 bits per heavy atom. The number of nitrogens with two attached hydrogens (primary N) is 1. The number of anilines is 1. The summed E-state index contributed by atoms with van der Waals surface area (Å²) in [6.45, 7) is 3.72. The second-order valence-corrected chi connectivity index (χ2v) is 5.77. The zero-order chi connectivity index (χ0) is 16.2. The molecular weight excluding hydrogens is 290 g/mol. The Morgan fingerprint density at radius 1 is 1.30 bits per heavy atom. The van der Waals surface area contributed by atoms with E-state index in [1.165, 1.54) is 5.56 Å². The molecule has 0 fully saturated rings. The van der Waals surface area contributed by atoms with E-state index >= 15 is 0 Å². The molecule has 3 aromatic rings. The summed E-state index contributed by atoms with van der Waals surface area (Å²) >= 11 is 0. The summed E-state index contributed by atoms with van der Waals surface area (Å²) in [6.07, 6.45) is 2.84. The molecule has 0 saturated heterocycles. The Balaban J connectivity index is 1.58. The summed E-state index contributed by atoms with van der Waals surface area (Å²) in [4.78, 5) is 21.6. The molecule has 6 nitrogen and oxygen atoms in total. The van der Waals surface area contributed by atoms with Gasteiger partial charge in [0.15, 0.2) is 0 Å². The molecule has 3 rings (SSSR count). The van der Waals surface area contributed by atoms with Gasteiger partial charge >= 0.3 is 0 Å². The first-order chi connectivity index (χ1) is 11.1. The van der Waals surface area contributed by atoms with Gasteiger partial charge in [-0.3, -0.25) is 9.78 Å². The smallest absolute Gasteiger partial charge is 0.262 e. The average molecular weight is 311 g/mol. The van der Waals surface area contributed by atoms with Gasteiger partial charge in [0.1, 0.15) is 5.65 Å². The molecule has 0 aliphatic heterocycles. The summed E-state index contributed by atoms with van der Waals surface area (Å²) in [5.74, 6) is 0.622. The van der Waals surface area contributed by atoms with Crippen LogP contribution in [0.3, 0.4) is 0 Å². The van der Waals surface area contributed by atoms with Crippen molar-refractivity contribution in [1.82, 2.24) is 20.3 Å². The van der Waals surface area contributed by atoms with E-state index in [2.05, 4.69) is 51.5 Å². The van der Waals surface area contributed by atoms with Crippen molar-refractivity contribution < 1.29 is 0 Å². The molecule has 0 aliphatic carbocycles. The first-order valence-corrected chi connectivity index (χ1v) is 7.76. The molecule has 23 heavy (non-hydrogen) atoms. The SMILES string of the molecule is C[C@H](CCNCc1c[nH]c2nc(N)[nH]c(=O)c12)c1ccccc1. The van der Waals surface area contributed by atoms with Crippen molar-refractivity contribution in [2.24, 2.45) is 0 Å². The quantitative estimate of drug-likeness (QED) is 0.524. The minimum atomic E-state index is -0.205. The monoisotopic (exact) mass is 311 g/mol. The molecule has 0 aliphatic rings. The second-order valence-electron chi connectivity index (χ2n) is 5.77. The summed E-state index contributed by atoms with van der Waals surface area (Å²) in [7, 11) is 0. The van der Waals surface area contributed by atoms with Gasteiger partial charge in [0.05, 0.1) is 5.39 Å². The molecule has 0 saturated carbocycles. The molecule has 5 N–H and O–H groups in total. The van der Waals surface area contributed by atoms with Gasteiger partial charge in [-0.2, -0.15) is 4.98 Å². The predicted molar refractivity (Wildman–Crippen MR) is 92.3 cm³/mol. The van der Waals surface area contributed by atoms with Crippen LogP contribution in [0.25, 0.3) is 11.0 Å². The first kappa shape index (κ1) is 15.3. The number of aromatic amines is 2. The molecule has 0 unspecified atom stereocenters. The van der Waals surface area contributed by atoms with Gasteiger partial charge in [0, 0.05) is 12.7 Å². The lowest BCUT2D eigenvalue weighted by Gasteiger charge is -2.12. The molecule has 0 spiro atoms. The Hall–Kier alpha value is -2.60. The predicted octanol–water partition coefficient (Wildman–Crippen LogP) is 2.12. The number of rotatable bonds is 6. The molecule has 2 aromatic heterocycles. The normalized spacial score (nSPS) is 12.6. The van der Waals surface area contributed by atoms with Crippen molar-refractivity contribution in [3.8, 4) is 0 Å². The summed E-state index contributed by atoms with van der Waals surface area (Å²) in [6, 6.07) is 10.5. The fourth-order valence-electron chi connectivity index (χ4n) is 2.75. The van der Waals surface area contributed by atoms with Gasteiger partial charge in [0.25, 0.3) is 5.56 Å². The third-order valence-electron chi connectivity index (χ3n) is 4.08. The minimum absolute atomic E-state index is 0.126. The van der Waals surface area contributed by atoms with E-state index < -0.39 is 0 Å². The lowest BCUT2D eigenvalue weighted by Crippen LogP contribution is -2.18. The summed E-state index contributed by atoms with van der Waals surface area (Å²) in [5, 5.41) is 3.96. The minimum Gasteiger partial charge on any atom is -0.369 e.